The van der Waals surface area contributed by atoms with Gasteiger partial charge in [0.25, 0.3) is 0 Å². The van der Waals surface area contributed by atoms with E-state index in [4.69, 9.17) is 0 Å². The van der Waals surface area contributed by atoms with Gasteiger partial charge in [-0.3, -0.25) is 0 Å². The van der Waals surface area contributed by atoms with Gasteiger partial charge in [0.15, 0.2) is 0 Å². The Labute approximate surface area is 156 Å². The second-order valence-corrected chi connectivity index (χ2v) is 7.14. The average molecular weight is 351 g/mol. The minimum Gasteiger partial charge on any atom is -0.333 e. The van der Waals surface area contributed by atoms with Crippen molar-refractivity contribution in [3.05, 3.63) is 71.9 Å². The molecule has 1 aromatic rings. The van der Waals surface area contributed by atoms with Crippen molar-refractivity contribution in [3.8, 4) is 0 Å². The number of nitrogens with one attached hydrogen (secondary N) is 3. The number of hydrogen-bond acceptors (Lipinski definition) is 3. The third-order valence-corrected chi connectivity index (χ3v) is 3.35. The third kappa shape index (κ3) is 6.97. The number of aliphatic imine (C=N–C) groups is 1. The zero-order chi connectivity index (χ0) is 19.0. The summed E-state index contributed by atoms with van der Waals surface area (Å²) in [5, 5.41) is 9.90. The Bertz CT molecular complexity index is 761. The number of guanidine groups is 1. The summed E-state index contributed by atoms with van der Waals surface area (Å²) in [7, 11) is 0. The van der Waals surface area contributed by atoms with Gasteiger partial charge in [-0.25, -0.2) is 9.98 Å². The van der Waals surface area contributed by atoms with Crippen molar-refractivity contribution in [2.45, 2.75) is 46.6 Å². The van der Waals surface area contributed by atoms with Crippen LogP contribution < -0.4 is 16.0 Å². The van der Waals surface area contributed by atoms with Crippen LogP contribution in [0.15, 0.2) is 71.3 Å². The topological polar surface area (TPSA) is 61.3 Å². The Morgan fingerprint density at radius 1 is 1.31 bits per heavy atom. The van der Waals surface area contributed by atoms with Crippen molar-refractivity contribution < 1.29 is 0 Å². The minimum absolute atomic E-state index is 0.197. The minimum atomic E-state index is -0.197. The normalized spacial score (nSPS) is 21.5. The first kappa shape index (κ1) is 19.5. The summed E-state index contributed by atoms with van der Waals surface area (Å²) in [6.45, 7) is 10.3. The molecule has 2 heterocycles. The molecule has 138 valence electrons. The lowest BCUT2D eigenvalue weighted by Gasteiger charge is -2.21. The molecule has 1 aromatic heterocycles. The Morgan fingerprint density at radius 3 is 2.81 bits per heavy atom. The van der Waals surface area contributed by atoms with E-state index < -0.39 is 0 Å². The number of allylic oxidation sites excluding steroid dienone is 6. The second kappa shape index (κ2) is 9.04. The summed E-state index contributed by atoms with van der Waals surface area (Å²) in [6, 6.07) is 3.98. The van der Waals surface area contributed by atoms with Gasteiger partial charge < -0.3 is 16.0 Å². The van der Waals surface area contributed by atoms with E-state index in [9.17, 15) is 0 Å². The number of aromatic nitrogens is 1. The van der Waals surface area contributed by atoms with Crippen molar-refractivity contribution in [2.24, 2.45) is 4.99 Å². The molecule has 2 rings (SSSR count). The summed E-state index contributed by atoms with van der Waals surface area (Å²) >= 11 is 0. The first-order valence-electron chi connectivity index (χ1n) is 8.94. The molecule has 1 aliphatic rings. The van der Waals surface area contributed by atoms with E-state index in [0.717, 1.165) is 29.2 Å². The van der Waals surface area contributed by atoms with Crippen LogP contribution in [0.25, 0.3) is 0 Å². The van der Waals surface area contributed by atoms with Crippen molar-refractivity contribution in [3.63, 3.8) is 0 Å². The first-order valence-corrected chi connectivity index (χ1v) is 8.94. The SMILES string of the molecule is CCC=C/C=C1\C=C/NC(=NC(C)(C)C)N/C(Nc2cc(C)ccn2)=C\1. The Hall–Kier alpha value is -2.82. The smallest absolute Gasteiger partial charge is 0.201 e. The van der Waals surface area contributed by atoms with Crippen LogP contribution in [0, 0.1) is 6.92 Å². The number of pyridine rings is 1. The fraction of sp³-hybridized carbons (Fsp3) is 0.333. The van der Waals surface area contributed by atoms with Crippen LogP contribution in [-0.4, -0.2) is 16.5 Å². The number of anilines is 1. The standard InChI is InChI=1S/C21H29N5/c1-6-7-8-9-17-11-13-23-20(26-21(3,4)5)25-19(15-17)24-18-14-16(2)10-12-22-18/h7-15H,6H2,1-5H3,(H,22,24)(H2,23,25,26)/b8-7?,13-11-,17-9+,19-15-. The highest BCUT2D eigenvalue weighted by atomic mass is 15.2. The van der Waals surface area contributed by atoms with E-state index in [-0.39, 0.29) is 5.54 Å². The molecule has 5 heteroatoms. The van der Waals surface area contributed by atoms with Gasteiger partial charge in [0, 0.05) is 12.4 Å². The molecule has 0 amide bonds. The fourth-order valence-electron chi connectivity index (χ4n) is 2.26. The summed E-state index contributed by atoms with van der Waals surface area (Å²) in [5.74, 6) is 2.27. The molecule has 0 fully saturated rings. The molecule has 0 spiro atoms. The molecule has 0 radical (unpaired) electrons. The zero-order valence-corrected chi connectivity index (χ0v) is 16.3. The number of aryl methyl sites for hydroxylation is 1. The fourth-order valence-corrected chi connectivity index (χ4v) is 2.26. The van der Waals surface area contributed by atoms with Gasteiger partial charge in [-0.2, -0.15) is 0 Å². The number of nitrogens with zero attached hydrogens (tertiary/aromatic N) is 2. The van der Waals surface area contributed by atoms with E-state index in [1.54, 1.807) is 6.20 Å². The maximum Gasteiger partial charge on any atom is 0.201 e. The van der Waals surface area contributed by atoms with Gasteiger partial charge in [0.1, 0.15) is 11.6 Å². The molecule has 0 atom stereocenters. The van der Waals surface area contributed by atoms with E-state index in [1.165, 1.54) is 0 Å². The molecule has 5 nitrogen and oxygen atoms in total. The lowest BCUT2D eigenvalue weighted by molar-refractivity contribution is 0.577. The van der Waals surface area contributed by atoms with Crippen LogP contribution in [0.5, 0.6) is 0 Å². The second-order valence-electron chi connectivity index (χ2n) is 7.14. The Balaban J connectivity index is 2.34. The van der Waals surface area contributed by atoms with Gasteiger partial charge in [-0.15, -0.1) is 0 Å². The van der Waals surface area contributed by atoms with Gasteiger partial charge in [-0.05, 0) is 69.5 Å². The first-order chi connectivity index (χ1) is 12.4. The van der Waals surface area contributed by atoms with E-state index >= 15 is 0 Å². The van der Waals surface area contributed by atoms with Crippen LogP contribution in [0.4, 0.5) is 5.82 Å². The van der Waals surface area contributed by atoms with Crippen molar-refractivity contribution in [1.29, 1.82) is 0 Å². The van der Waals surface area contributed by atoms with E-state index in [2.05, 4.69) is 71.8 Å². The molecule has 3 N–H and O–H groups in total. The van der Waals surface area contributed by atoms with Crippen LogP contribution in [-0.2, 0) is 0 Å². The molecular weight excluding hydrogens is 322 g/mol. The largest absolute Gasteiger partial charge is 0.333 e. The maximum absolute atomic E-state index is 4.69. The average Bonchev–Trinajstić information content (AvgIpc) is 2.51. The Morgan fingerprint density at radius 2 is 2.12 bits per heavy atom. The molecule has 0 bridgehead atoms. The number of rotatable bonds is 4. The molecule has 26 heavy (non-hydrogen) atoms. The van der Waals surface area contributed by atoms with Crippen LogP contribution in [0.2, 0.25) is 0 Å². The van der Waals surface area contributed by atoms with Gasteiger partial charge in [0.05, 0.1) is 5.54 Å². The van der Waals surface area contributed by atoms with Crippen LogP contribution in [0.1, 0.15) is 39.7 Å². The highest BCUT2D eigenvalue weighted by Crippen LogP contribution is 2.12. The molecule has 0 unspecified atom stereocenters. The lowest BCUT2D eigenvalue weighted by atomic mass is 10.1. The third-order valence-electron chi connectivity index (χ3n) is 3.35. The molecule has 0 aliphatic carbocycles. The summed E-state index contributed by atoms with van der Waals surface area (Å²) in [5.41, 5.74) is 2.01. The zero-order valence-electron chi connectivity index (χ0n) is 16.3. The molecule has 0 saturated carbocycles. The van der Waals surface area contributed by atoms with Crippen molar-refractivity contribution in [2.75, 3.05) is 5.32 Å². The van der Waals surface area contributed by atoms with Gasteiger partial charge >= 0.3 is 0 Å². The highest BCUT2D eigenvalue weighted by molar-refractivity contribution is 5.84. The van der Waals surface area contributed by atoms with Gasteiger partial charge in [-0.1, -0.05) is 25.2 Å². The summed E-state index contributed by atoms with van der Waals surface area (Å²) < 4.78 is 0. The summed E-state index contributed by atoms with van der Waals surface area (Å²) in [6.07, 6.45) is 15.0. The van der Waals surface area contributed by atoms with Gasteiger partial charge in [0.2, 0.25) is 5.96 Å². The molecular formula is C21H29N5. The molecule has 1 aliphatic heterocycles. The monoisotopic (exact) mass is 351 g/mol. The lowest BCUT2D eigenvalue weighted by Crippen LogP contribution is -2.38. The summed E-state index contributed by atoms with van der Waals surface area (Å²) in [4.78, 5) is 9.07. The maximum atomic E-state index is 4.69. The van der Waals surface area contributed by atoms with Crippen molar-refractivity contribution >= 4 is 11.8 Å². The van der Waals surface area contributed by atoms with Crippen molar-refractivity contribution in [1.82, 2.24) is 15.6 Å². The molecule has 0 saturated heterocycles. The van der Waals surface area contributed by atoms with Crippen LogP contribution >= 0.6 is 0 Å². The predicted octanol–water partition coefficient (Wildman–Crippen LogP) is 4.40. The Kier molecular flexibility index (Phi) is 6.78. The number of hydrogen-bond donors (Lipinski definition) is 3. The highest BCUT2D eigenvalue weighted by Gasteiger charge is 2.12. The van der Waals surface area contributed by atoms with E-state index in [1.807, 2.05) is 37.4 Å². The quantitative estimate of drug-likeness (QED) is 0.752. The predicted molar refractivity (Wildman–Crippen MR) is 111 cm³/mol. The van der Waals surface area contributed by atoms with Crippen LogP contribution in [0.3, 0.4) is 0 Å². The van der Waals surface area contributed by atoms with E-state index in [0.29, 0.717) is 5.96 Å². The molecule has 0 aromatic carbocycles.